The van der Waals surface area contributed by atoms with Gasteiger partial charge in [0.05, 0.1) is 12.3 Å². The summed E-state index contributed by atoms with van der Waals surface area (Å²) in [5, 5.41) is 7.12. The van der Waals surface area contributed by atoms with E-state index in [4.69, 9.17) is 4.74 Å². The Bertz CT molecular complexity index is 961. The van der Waals surface area contributed by atoms with Crippen molar-refractivity contribution in [3.05, 3.63) is 77.6 Å². The molecule has 2 aromatic carbocycles. The predicted molar refractivity (Wildman–Crippen MR) is 108 cm³/mol. The van der Waals surface area contributed by atoms with Gasteiger partial charge in [0.2, 0.25) is 5.91 Å². The third-order valence-electron chi connectivity index (χ3n) is 4.21. The zero-order chi connectivity index (χ0) is 19.9. The monoisotopic (exact) mass is 377 g/mol. The molecule has 28 heavy (non-hydrogen) atoms. The van der Waals surface area contributed by atoms with Crippen LogP contribution in [0.15, 0.2) is 60.8 Å². The van der Waals surface area contributed by atoms with Gasteiger partial charge in [0.1, 0.15) is 0 Å². The summed E-state index contributed by atoms with van der Waals surface area (Å²) >= 11 is 0. The van der Waals surface area contributed by atoms with Gasteiger partial charge < -0.3 is 10.1 Å². The summed E-state index contributed by atoms with van der Waals surface area (Å²) in [6.45, 7) is 4.10. The Morgan fingerprint density at radius 2 is 1.89 bits per heavy atom. The Morgan fingerprint density at radius 1 is 1.11 bits per heavy atom. The lowest BCUT2D eigenvalue weighted by Gasteiger charge is -2.07. The molecule has 0 aliphatic heterocycles. The first-order valence-electron chi connectivity index (χ1n) is 9.24. The number of rotatable bonds is 7. The van der Waals surface area contributed by atoms with Crippen LogP contribution in [-0.4, -0.2) is 28.3 Å². The van der Waals surface area contributed by atoms with Crippen LogP contribution in [0.5, 0.6) is 0 Å². The van der Waals surface area contributed by atoms with E-state index in [1.54, 1.807) is 23.9 Å². The molecule has 1 amide bonds. The zero-order valence-corrected chi connectivity index (χ0v) is 16.0. The molecule has 144 valence electrons. The Labute approximate surface area is 164 Å². The topological polar surface area (TPSA) is 73.2 Å². The van der Waals surface area contributed by atoms with E-state index < -0.39 is 5.97 Å². The third kappa shape index (κ3) is 5.07. The highest BCUT2D eigenvalue weighted by Gasteiger charge is 2.11. The van der Waals surface area contributed by atoms with E-state index in [2.05, 4.69) is 16.5 Å². The summed E-state index contributed by atoms with van der Waals surface area (Å²) < 4.78 is 6.53. The lowest BCUT2D eigenvalue weighted by atomic mass is 10.1. The normalized spacial score (nSPS) is 10.5. The lowest BCUT2D eigenvalue weighted by molar-refractivity contribution is -0.116. The fourth-order valence-electron chi connectivity index (χ4n) is 2.83. The molecule has 0 saturated heterocycles. The Balaban J connectivity index is 1.57. The predicted octanol–water partition coefficient (Wildman–Crippen LogP) is 3.93. The maximum absolute atomic E-state index is 12.2. The molecule has 1 N–H and O–H groups in total. The number of carbonyl (C=O) groups excluding carboxylic acids is 2. The second-order valence-electron chi connectivity index (χ2n) is 6.45. The number of ether oxygens (including phenoxy) is 1. The zero-order valence-electron chi connectivity index (χ0n) is 16.0. The van der Waals surface area contributed by atoms with Crippen molar-refractivity contribution in [3.63, 3.8) is 0 Å². The van der Waals surface area contributed by atoms with Crippen LogP contribution in [-0.2, 0) is 16.0 Å². The molecule has 6 heteroatoms. The number of aryl methyl sites for hydroxylation is 2. The first kappa shape index (κ1) is 19.4. The first-order chi connectivity index (χ1) is 13.5. The van der Waals surface area contributed by atoms with Gasteiger partial charge in [-0.2, -0.15) is 5.10 Å². The van der Waals surface area contributed by atoms with Crippen molar-refractivity contribution in [2.75, 3.05) is 11.9 Å². The van der Waals surface area contributed by atoms with Crippen LogP contribution in [0.2, 0.25) is 0 Å². The van der Waals surface area contributed by atoms with Gasteiger partial charge in [0.15, 0.2) is 5.69 Å². The Kier molecular flexibility index (Phi) is 6.22. The van der Waals surface area contributed by atoms with E-state index in [1.165, 1.54) is 5.56 Å². The quantitative estimate of drug-likeness (QED) is 0.633. The lowest BCUT2D eigenvalue weighted by Crippen LogP contribution is -2.12. The number of hydrogen-bond donors (Lipinski definition) is 1. The molecule has 0 bridgehead atoms. The molecule has 0 radical (unpaired) electrons. The second kappa shape index (κ2) is 8.99. The van der Waals surface area contributed by atoms with Crippen LogP contribution in [0.25, 0.3) is 5.69 Å². The average Bonchev–Trinajstić information content (AvgIpc) is 3.18. The number of benzene rings is 2. The molecule has 3 rings (SSSR count). The average molecular weight is 377 g/mol. The summed E-state index contributed by atoms with van der Waals surface area (Å²) in [5.74, 6) is -0.475. The number of hydrogen-bond acceptors (Lipinski definition) is 4. The standard InChI is InChI=1S/C22H23N3O3/c1-3-28-22(27)20-13-14-25(24-20)19-10-8-18(9-11-19)23-21(26)12-7-17-6-4-5-16(2)15-17/h4-6,8-11,13-15H,3,7,12H2,1-2H3,(H,23,26). The van der Waals surface area contributed by atoms with E-state index in [0.717, 1.165) is 16.9 Å². The molecule has 1 aromatic heterocycles. The fourth-order valence-corrected chi connectivity index (χ4v) is 2.83. The van der Waals surface area contributed by atoms with Crippen LogP contribution in [0.4, 0.5) is 5.69 Å². The molecule has 1 heterocycles. The molecule has 0 aliphatic rings. The molecule has 0 fully saturated rings. The van der Waals surface area contributed by atoms with Gasteiger partial charge >= 0.3 is 5.97 Å². The van der Waals surface area contributed by atoms with Crippen molar-refractivity contribution in [2.24, 2.45) is 0 Å². The summed E-state index contributed by atoms with van der Waals surface area (Å²) in [4.78, 5) is 23.9. The summed E-state index contributed by atoms with van der Waals surface area (Å²) in [6.07, 6.45) is 2.82. The molecule has 0 spiro atoms. The van der Waals surface area contributed by atoms with Crippen molar-refractivity contribution in [1.29, 1.82) is 0 Å². The minimum absolute atomic E-state index is 0.0297. The molecule has 0 aliphatic carbocycles. The number of anilines is 1. The minimum atomic E-state index is -0.446. The van der Waals surface area contributed by atoms with Crippen molar-refractivity contribution in [2.45, 2.75) is 26.7 Å². The molecule has 6 nitrogen and oxygen atoms in total. The SMILES string of the molecule is CCOC(=O)c1ccn(-c2ccc(NC(=O)CCc3cccc(C)c3)cc2)n1. The molecular weight excluding hydrogens is 354 g/mol. The molecular formula is C22H23N3O3. The summed E-state index contributed by atoms with van der Waals surface area (Å²) in [6, 6.07) is 17.1. The van der Waals surface area contributed by atoms with Gasteiger partial charge in [-0.15, -0.1) is 0 Å². The number of carbonyl (C=O) groups is 2. The summed E-state index contributed by atoms with van der Waals surface area (Å²) in [7, 11) is 0. The molecule has 0 unspecified atom stereocenters. The Morgan fingerprint density at radius 3 is 2.61 bits per heavy atom. The highest BCUT2D eigenvalue weighted by atomic mass is 16.5. The van der Waals surface area contributed by atoms with Gasteiger partial charge in [0, 0.05) is 18.3 Å². The number of nitrogens with zero attached hydrogens (tertiary/aromatic N) is 2. The van der Waals surface area contributed by atoms with E-state index >= 15 is 0 Å². The van der Waals surface area contributed by atoms with Gasteiger partial charge in [-0.05, 0) is 56.2 Å². The highest BCUT2D eigenvalue weighted by molar-refractivity contribution is 5.91. The molecule has 0 atom stereocenters. The van der Waals surface area contributed by atoms with E-state index in [0.29, 0.717) is 19.4 Å². The van der Waals surface area contributed by atoms with Crippen molar-refractivity contribution < 1.29 is 14.3 Å². The van der Waals surface area contributed by atoms with E-state index in [1.807, 2.05) is 49.4 Å². The number of nitrogens with one attached hydrogen (secondary N) is 1. The maximum atomic E-state index is 12.2. The van der Waals surface area contributed by atoms with Crippen LogP contribution in [0.1, 0.15) is 35.0 Å². The number of aromatic nitrogens is 2. The minimum Gasteiger partial charge on any atom is -0.461 e. The van der Waals surface area contributed by atoms with E-state index in [-0.39, 0.29) is 11.6 Å². The molecule has 3 aromatic rings. The van der Waals surface area contributed by atoms with Gasteiger partial charge in [0.25, 0.3) is 0 Å². The fraction of sp³-hybridized carbons (Fsp3) is 0.227. The third-order valence-corrected chi connectivity index (χ3v) is 4.21. The van der Waals surface area contributed by atoms with Gasteiger partial charge in [-0.25, -0.2) is 9.48 Å². The number of amides is 1. The van der Waals surface area contributed by atoms with Crippen LogP contribution in [0, 0.1) is 6.92 Å². The molecule has 0 saturated carbocycles. The van der Waals surface area contributed by atoms with Crippen LogP contribution < -0.4 is 5.32 Å². The number of esters is 1. The largest absolute Gasteiger partial charge is 0.461 e. The maximum Gasteiger partial charge on any atom is 0.358 e. The Hall–Kier alpha value is -3.41. The van der Waals surface area contributed by atoms with Gasteiger partial charge in [-0.3, -0.25) is 4.79 Å². The van der Waals surface area contributed by atoms with Crippen molar-refractivity contribution in [3.8, 4) is 5.69 Å². The van der Waals surface area contributed by atoms with Crippen molar-refractivity contribution in [1.82, 2.24) is 9.78 Å². The van der Waals surface area contributed by atoms with Crippen LogP contribution in [0.3, 0.4) is 0 Å². The van der Waals surface area contributed by atoms with Crippen LogP contribution >= 0.6 is 0 Å². The van der Waals surface area contributed by atoms with Gasteiger partial charge in [-0.1, -0.05) is 29.8 Å². The first-order valence-corrected chi connectivity index (χ1v) is 9.24. The summed E-state index contributed by atoms with van der Waals surface area (Å²) in [5.41, 5.74) is 4.11. The second-order valence-corrected chi connectivity index (χ2v) is 6.45. The van der Waals surface area contributed by atoms with E-state index in [9.17, 15) is 9.59 Å². The van der Waals surface area contributed by atoms with Crippen molar-refractivity contribution >= 4 is 17.6 Å². The highest BCUT2D eigenvalue weighted by Crippen LogP contribution is 2.14. The smallest absolute Gasteiger partial charge is 0.358 e.